The third kappa shape index (κ3) is 3.15. The van der Waals surface area contributed by atoms with Gasteiger partial charge in [0.15, 0.2) is 0 Å². The SMILES string of the molecule is COc1cc(C(=O)OC(C)(C)C)ccc1N. The van der Waals surface area contributed by atoms with Crippen molar-refractivity contribution in [1.82, 2.24) is 0 Å². The van der Waals surface area contributed by atoms with E-state index in [1.807, 2.05) is 20.8 Å². The maximum Gasteiger partial charge on any atom is 0.338 e. The minimum atomic E-state index is -0.508. The van der Waals surface area contributed by atoms with Crippen molar-refractivity contribution in [3.05, 3.63) is 23.8 Å². The number of ether oxygens (including phenoxy) is 2. The number of hydrogen-bond donors (Lipinski definition) is 1. The molecule has 0 aliphatic carbocycles. The summed E-state index contributed by atoms with van der Waals surface area (Å²) in [6.45, 7) is 5.46. The Morgan fingerprint density at radius 3 is 2.44 bits per heavy atom. The Kier molecular flexibility index (Phi) is 3.42. The van der Waals surface area contributed by atoms with Crippen LogP contribution in [0.2, 0.25) is 0 Å². The van der Waals surface area contributed by atoms with Crippen LogP contribution in [-0.2, 0) is 4.74 Å². The van der Waals surface area contributed by atoms with Crippen molar-refractivity contribution >= 4 is 11.7 Å². The molecule has 88 valence electrons. The Bertz CT molecular complexity index is 394. The number of esters is 1. The lowest BCUT2D eigenvalue weighted by Gasteiger charge is -2.19. The molecule has 0 fully saturated rings. The van der Waals surface area contributed by atoms with Gasteiger partial charge in [0.05, 0.1) is 18.4 Å². The van der Waals surface area contributed by atoms with Crippen LogP contribution in [0, 0.1) is 0 Å². The molecular weight excluding hydrogens is 206 g/mol. The zero-order valence-electron chi connectivity index (χ0n) is 10.0. The second-order valence-corrected chi connectivity index (χ2v) is 4.46. The van der Waals surface area contributed by atoms with Crippen LogP contribution >= 0.6 is 0 Å². The number of carbonyl (C=O) groups excluding carboxylic acids is 1. The smallest absolute Gasteiger partial charge is 0.338 e. The van der Waals surface area contributed by atoms with Gasteiger partial charge in [0.25, 0.3) is 0 Å². The molecule has 2 N–H and O–H groups in total. The van der Waals surface area contributed by atoms with Crippen LogP contribution in [0.1, 0.15) is 31.1 Å². The molecule has 0 unspecified atom stereocenters. The molecule has 0 aliphatic rings. The van der Waals surface area contributed by atoms with Gasteiger partial charge in [-0.3, -0.25) is 0 Å². The molecule has 4 nitrogen and oxygen atoms in total. The maximum atomic E-state index is 11.7. The van der Waals surface area contributed by atoms with Crippen molar-refractivity contribution in [3.8, 4) is 5.75 Å². The summed E-state index contributed by atoms with van der Waals surface area (Å²) in [6, 6.07) is 4.81. The molecule has 16 heavy (non-hydrogen) atoms. The second-order valence-electron chi connectivity index (χ2n) is 4.46. The lowest BCUT2D eigenvalue weighted by molar-refractivity contribution is 0.00692. The number of methoxy groups -OCH3 is 1. The summed E-state index contributed by atoms with van der Waals surface area (Å²) in [7, 11) is 1.50. The van der Waals surface area contributed by atoms with Crippen molar-refractivity contribution in [1.29, 1.82) is 0 Å². The number of benzene rings is 1. The van der Waals surface area contributed by atoms with E-state index in [9.17, 15) is 4.79 Å². The zero-order valence-corrected chi connectivity index (χ0v) is 10.0. The Labute approximate surface area is 95.3 Å². The van der Waals surface area contributed by atoms with Gasteiger partial charge in [-0.05, 0) is 39.0 Å². The van der Waals surface area contributed by atoms with E-state index in [1.54, 1.807) is 18.2 Å². The molecule has 1 aromatic rings. The molecule has 0 saturated heterocycles. The first kappa shape index (κ1) is 12.4. The molecule has 0 bridgehead atoms. The van der Waals surface area contributed by atoms with E-state index >= 15 is 0 Å². The molecule has 0 aromatic heterocycles. The molecule has 1 aromatic carbocycles. The number of carbonyl (C=O) groups is 1. The van der Waals surface area contributed by atoms with E-state index in [-0.39, 0.29) is 5.97 Å². The first-order valence-corrected chi connectivity index (χ1v) is 5.00. The lowest BCUT2D eigenvalue weighted by atomic mass is 10.1. The Morgan fingerprint density at radius 1 is 1.31 bits per heavy atom. The number of hydrogen-bond acceptors (Lipinski definition) is 4. The molecule has 0 heterocycles. The zero-order chi connectivity index (χ0) is 12.3. The highest BCUT2D eigenvalue weighted by molar-refractivity contribution is 5.91. The van der Waals surface area contributed by atoms with Gasteiger partial charge in [-0.2, -0.15) is 0 Å². The molecule has 0 saturated carbocycles. The normalized spacial score (nSPS) is 11.0. The first-order chi connectivity index (χ1) is 7.33. The Morgan fingerprint density at radius 2 is 1.94 bits per heavy atom. The summed E-state index contributed by atoms with van der Waals surface area (Å²) in [5.41, 5.74) is 6.07. The van der Waals surface area contributed by atoms with E-state index in [0.29, 0.717) is 17.0 Å². The highest BCUT2D eigenvalue weighted by Crippen LogP contribution is 2.23. The number of rotatable bonds is 2. The van der Waals surface area contributed by atoms with Crippen molar-refractivity contribution < 1.29 is 14.3 Å². The van der Waals surface area contributed by atoms with Crippen molar-refractivity contribution in [2.75, 3.05) is 12.8 Å². The molecule has 0 atom stereocenters. The minimum Gasteiger partial charge on any atom is -0.495 e. The summed E-state index contributed by atoms with van der Waals surface area (Å²) >= 11 is 0. The van der Waals surface area contributed by atoms with Gasteiger partial charge in [-0.1, -0.05) is 0 Å². The average molecular weight is 223 g/mol. The lowest BCUT2D eigenvalue weighted by Crippen LogP contribution is -2.23. The van der Waals surface area contributed by atoms with Gasteiger partial charge in [0.2, 0.25) is 0 Å². The predicted octanol–water partition coefficient (Wildman–Crippen LogP) is 2.23. The Balaban J connectivity index is 2.93. The van der Waals surface area contributed by atoms with Gasteiger partial charge in [0.1, 0.15) is 11.4 Å². The number of anilines is 1. The predicted molar refractivity (Wildman–Crippen MR) is 62.6 cm³/mol. The van der Waals surface area contributed by atoms with E-state index in [4.69, 9.17) is 15.2 Å². The summed E-state index contributed by atoms with van der Waals surface area (Å²) in [5, 5.41) is 0. The summed E-state index contributed by atoms with van der Waals surface area (Å²) < 4.78 is 10.3. The molecular formula is C12H17NO3. The molecule has 0 radical (unpaired) electrons. The fourth-order valence-corrected chi connectivity index (χ4v) is 1.18. The fraction of sp³-hybridized carbons (Fsp3) is 0.417. The average Bonchev–Trinajstić information content (AvgIpc) is 2.15. The van der Waals surface area contributed by atoms with Gasteiger partial charge < -0.3 is 15.2 Å². The van der Waals surface area contributed by atoms with E-state index < -0.39 is 5.60 Å². The standard InChI is InChI=1S/C12H17NO3/c1-12(2,3)16-11(14)8-5-6-9(13)10(7-8)15-4/h5-7H,13H2,1-4H3. The van der Waals surface area contributed by atoms with Crippen molar-refractivity contribution in [2.24, 2.45) is 0 Å². The molecule has 0 amide bonds. The van der Waals surface area contributed by atoms with Crippen LogP contribution in [0.3, 0.4) is 0 Å². The molecule has 4 heteroatoms. The van der Waals surface area contributed by atoms with E-state index in [2.05, 4.69) is 0 Å². The van der Waals surface area contributed by atoms with Crippen LogP contribution in [0.15, 0.2) is 18.2 Å². The topological polar surface area (TPSA) is 61.5 Å². The molecule has 0 spiro atoms. The van der Waals surface area contributed by atoms with Crippen LogP contribution in [0.5, 0.6) is 5.75 Å². The number of nitrogens with two attached hydrogens (primary N) is 1. The summed E-state index contributed by atoms with van der Waals surface area (Å²) in [6.07, 6.45) is 0. The van der Waals surface area contributed by atoms with E-state index in [0.717, 1.165) is 0 Å². The monoisotopic (exact) mass is 223 g/mol. The van der Waals surface area contributed by atoms with Gasteiger partial charge >= 0.3 is 5.97 Å². The number of nitrogen functional groups attached to an aromatic ring is 1. The van der Waals surface area contributed by atoms with Gasteiger partial charge in [-0.25, -0.2) is 4.79 Å². The highest BCUT2D eigenvalue weighted by Gasteiger charge is 2.18. The summed E-state index contributed by atoms with van der Waals surface area (Å²) in [5.74, 6) is 0.0918. The van der Waals surface area contributed by atoms with Crippen molar-refractivity contribution in [3.63, 3.8) is 0 Å². The molecule has 1 rings (SSSR count). The third-order valence-corrected chi connectivity index (χ3v) is 1.87. The van der Waals surface area contributed by atoms with Crippen LogP contribution in [0.25, 0.3) is 0 Å². The van der Waals surface area contributed by atoms with Gasteiger partial charge in [0, 0.05) is 0 Å². The fourth-order valence-electron chi connectivity index (χ4n) is 1.18. The molecule has 0 aliphatic heterocycles. The largest absolute Gasteiger partial charge is 0.495 e. The van der Waals surface area contributed by atoms with Crippen LogP contribution in [0.4, 0.5) is 5.69 Å². The van der Waals surface area contributed by atoms with E-state index in [1.165, 1.54) is 7.11 Å². The highest BCUT2D eigenvalue weighted by atomic mass is 16.6. The second kappa shape index (κ2) is 4.43. The minimum absolute atomic E-state index is 0.384. The Hall–Kier alpha value is -1.71. The third-order valence-electron chi connectivity index (χ3n) is 1.87. The van der Waals surface area contributed by atoms with Crippen LogP contribution < -0.4 is 10.5 Å². The van der Waals surface area contributed by atoms with Crippen LogP contribution in [-0.4, -0.2) is 18.7 Å². The quantitative estimate of drug-likeness (QED) is 0.617. The summed E-state index contributed by atoms with van der Waals surface area (Å²) in [4.78, 5) is 11.7. The maximum absolute atomic E-state index is 11.7. The first-order valence-electron chi connectivity index (χ1n) is 5.00. The van der Waals surface area contributed by atoms with Gasteiger partial charge in [-0.15, -0.1) is 0 Å². The van der Waals surface area contributed by atoms with Crippen molar-refractivity contribution in [2.45, 2.75) is 26.4 Å².